The van der Waals surface area contributed by atoms with E-state index in [1.165, 1.54) is 77.7 Å². The third-order valence-electron chi connectivity index (χ3n) is 4.32. The quantitative estimate of drug-likeness (QED) is 0.205. The van der Waals surface area contributed by atoms with E-state index in [2.05, 4.69) is 6.92 Å². The molecule has 0 aromatic carbocycles. The lowest BCUT2D eigenvalue weighted by atomic mass is 10.0. The summed E-state index contributed by atoms with van der Waals surface area (Å²) in [7, 11) is 1.47. The average Bonchev–Trinajstić information content (AvgIpc) is 2.51. The fraction of sp³-hybridized carbons (Fsp3) is 0.850. The first-order valence-corrected chi connectivity index (χ1v) is 9.38. The second kappa shape index (κ2) is 15.1. The predicted molar refractivity (Wildman–Crippen MR) is 96.1 cm³/mol. The van der Waals surface area contributed by atoms with E-state index in [0.717, 1.165) is 24.0 Å². The van der Waals surface area contributed by atoms with Gasteiger partial charge in [0.15, 0.2) is 0 Å². The van der Waals surface area contributed by atoms with Crippen LogP contribution in [0.2, 0.25) is 0 Å². The van der Waals surface area contributed by atoms with Crippen molar-refractivity contribution in [1.82, 2.24) is 0 Å². The number of hydrogen-bond donors (Lipinski definition) is 0. The number of allylic oxidation sites excluding steroid dienone is 1. The van der Waals surface area contributed by atoms with E-state index in [9.17, 15) is 4.79 Å². The zero-order valence-electron chi connectivity index (χ0n) is 15.5. The topological polar surface area (TPSA) is 26.3 Å². The number of esters is 1. The molecule has 0 saturated carbocycles. The van der Waals surface area contributed by atoms with Crippen molar-refractivity contribution < 1.29 is 9.53 Å². The number of carbonyl (C=O) groups is 1. The van der Waals surface area contributed by atoms with Gasteiger partial charge in [0.05, 0.1) is 7.11 Å². The van der Waals surface area contributed by atoms with E-state index >= 15 is 0 Å². The summed E-state index contributed by atoms with van der Waals surface area (Å²) in [6.45, 7) is 6.26. The third kappa shape index (κ3) is 11.8. The molecule has 0 rings (SSSR count). The molecule has 22 heavy (non-hydrogen) atoms. The van der Waals surface area contributed by atoms with Gasteiger partial charge in [-0.2, -0.15) is 0 Å². The van der Waals surface area contributed by atoms with Crippen LogP contribution in [0.3, 0.4) is 0 Å². The van der Waals surface area contributed by atoms with Crippen LogP contribution in [0.4, 0.5) is 0 Å². The van der Waals surface area contributed by atoms with Crippen molar-refractivity contribution >= 4 is 5.97 Å². The minimum Gasteiger partial charge on any atom is -0.466 e. The summed E-state index contributed by atoms with van der Waals surface area (Å²) < 4.78 is 4.83. The molecule has 0 saturated heterocycles. The first kappa shape index (κ1) is 21.2. The van der Waals surface area contributed by atoms with Crippen LogP contribution in [0.1, 0.15) is 104 Å². The maximum Gasteiger partial charge on any atom is 0.333 e. The number of methoxy groups -OCH3 is 1. The highest BCUT2D eigenvalue weighted by Crippen LogP contribution is 2.17. The maximum absolute atomic E-state index is 11.6. The van der Waals surface area contributed by atoms with Crippen LogP contribution in [-0.4, -0.2) is 13.1 Å². The van der Waals surface area contributed by atoms with Gasteiger partial charge in [-0.3, -0.25) is 0 Å². The zero-order chi connectivity index (χ0) is 16.6. The van der Waals surface area contributed by atoms with Crippen LogP contribution >= 0.6 is 0 Å². The smallest absolute Gasteiger partial charge is 0.333 e. The van der Waals surface area contributed by atoms with Gasteiger partial charge >= 0.3 is 5.97 Å². The zero-order valence-corrected chi connectivity index (χ0v) is 15.5. The van der Waals surface area contributed by atoms with Gasteiger partial charge in [-0.05, 0) is 26.7 Å². The first-order valence-electron chi connectivity index (χ1n) is 9.38. The van der Waals surface area contributed by atoms with Crippen molar-refractivity contribution in [3.05, 3.63) is 11.1 Å². The van der Waals surface area contributed by atoms with Crippen molar-refractivity contribution in [3.8, 4) is 0 Å². The molecular weight excluding hydrogens is 272 g/mol. The summed E-state index contributed by atoms with van der Waals surface area (Å²) in [5.74, 6) is -0.150. The maximum atomic E-state index is 11.6. The van der Waals surface area contributed by atoms with E-state index in [1.807, 2.05) is 13.8 Å². The summed E-state index contributed by atoms with van der Waals surface area (Å²) >= 11 is 0. The Morgan fingerprint density at radius 2 is 1.14 bits per heavy atom. The van der Waals surface area contributed by atoms with E-state index in [0.29, 0.717) is 0 Å². The van der Waals surface area contributed by atoms with E-state index < -0.39 is 0 Å². The summed E-state index contributed by atoms with van der Waals surface area (Å²) in [6, 6.07) is 0. The van der Waals surface area contributed by atoms with Gasteiger partial charge < -0.3 is 4.74 Å². The number of rotatable bonds is 14. The fourth-order valence-corrected chi connectivity index (χ4v) is 2.82. The van der Waals surface area contributed by atoms with E-state index in [-0.39, 0.29) is 5.97 Å². The van der Waals surface area contributed by atoms with Gasteiger partial charge in [0, 0.05) is 5.57 Å². The molecule has 0 amide bonds. The van der Waals surface area contributed by atoms with Crippen LogP contribution in [0.25, 0.3) is 0 Å². The summed E-state index contributed by atoms with van der Waals surface area (Å²) in [5.41, 5.74) is 1.96. The molecule has 0 atom stereocenters. The molecule has 130 valence electrons. The van der Waals surface area contributed by atoms with Gasteiger partial charge in [-0.1, -0.05) is 83.1 Å². The summed E-state index contributed by atoms with van der Waals surface area (Å²) in [6.07, 6.45) is 17.0. The Labute approximate surface area is 138 Å². The van der Waals surface area contributed by atoms with Crippen molar-refractivity contribution in [2.24, 2.45) is 0 Å². The number of ether oxygens (including phenoxy) is 1. The molecule has 0 heterocycles. The van der Waals surface area contributed by atoms with Crippen molar-refractivity contribution in [2.45, 2.75) is 104 Å². The lowest BCUT2D eigenvalue weighted by Gasteiger charge is -2.07. The van der Waals surface area contributed by atoms with Crippen LogP contribution < -0.4 is 0 Å². The van der Waals surface area contributed by atoms with E-state index in [1.54, 1.807) is 0 Å². The molecule has 0 N–H and O–H groups in total. The Balaban J connectivity index is 3.43. The number of unbranched alkanes of at least 4 members (excludes halogenated alkanes) is 11. The minimum absolute atomic E-state index is 0.150. The highest BCUT2D eigenvalue weighted by Gasteiger charge is 2.10. The Morgan fingerprint density at radius 3 is 1.50 bits per heavy atom. The SMILES string of the molecule is CCCCCCCCCCCCCCC(C(=O)OC)=C(C)C. The second-order valence-electron chi connectivity index (χ2n) is 6.61. The molecule has 0 aliphatic carbocycles. The van der Waals surface area contributed by atoms with Gasteiger partial charge in [0.1, 0.15) is 0 Å². The van der Waals surface area contributed by atoms with Crippen LogP contribution in [-0.2, 0) is 9.53 Å². The molecular formula is C20H38O2. The van der Waals surface area contributed by atoms with Crippen molar-refractivity contribution in [2.75, 3.05) is 7.11 Å². The summed E-state index contributed by atoms with van der Waals surface area (Å²) in [5, 5.41) is 0. The van der Waals surface area contributed by atoms with Crippen molar-refractivity contribution in [3.63, 3.8) is 0 Å². The molecule has 0 radical (unpaired) electrons. The monoisotopic (exact) mass is 310 g/mol. The molecule has 2 nitrogen and oxygen atoms in total. The van der Waals surface area contributed by atoms with Crippen LogP contribution in [0, 0.1) is 0 Å². The largest absolute Gasteiger partial charge is 0.466 e. The Kier molecular flexibility index (Phi) is 14.6. The molecule has 0 spiro atoms. The molecule has 0 aliphatic heterocycles. The van der Waals surface area contributed by atoms with E-state index in [4.69, 9.17) is 4.74 Å². The number of hydrogen-bond acceptors (Lipinski definition) is 2. The Bertz CT molecular complexity index is 301. The first-order chi connectivity index (χ1) is 10.6. The molecule has 0 aromatic heterocycles. The third-order valence-corrected chi connectivity index (χ3v) is 4.32. The molecule has 0 unspecified atom stereocenters. The highest BCUT2D eigenvalue weighted by atomic mass is 16.5. The summed E-state index contributed by atoms with van der Waals surface area (Å²) in [4.78, 5) is 11.6. The van der Waals surface area contributed by atoms with Crippen LogP contribution in [0.15, 0.2) is 11.1 Å². The average molecular weight is 311 g/mol. The van der Waals surface area contributed by atoms with Crippen LogP contribution in [0.5, 0.6) is 0 Å². The van der Waals surface area contributed by atoms with Crippen molar-refractivity contribution in [1.29, 1.82) is 0 Å². The van der Waals surface area contributed by atoms with Gasteiger partial charge in [-0.15, -0.1) is 0 Å². The highest BCUT2D eigenvalue weighted by molar-refractivity contribution is 5.89. The molecule has 0 fully saturated rings. The molecule has 0 bridgehead atoms. The lowest BCUT2D eigenvalue weighted by molar-refractivity contribution is -0.136. The minimum atomic E-state index is -0.150. The molecule has 0 aliphatic rings. The van der Waals surface area contributed by atoms with Gasteiger partial charge in [-0.25, -0.2) is 4.79 Å². The fourth-order valence-electron chi connectivity index (χ4n) is 2.82. The van der Waals surface area contributed by atoms with Gasteiger partial charge in [0.2, 0.25) is 0 Å². The predicted octanol–water partition coefficient (Wildman–Crippen LogP) is 6.59. The Morgan fingerprint density at radius 1 is 0.727 bits per heavy atom. The normalized spacial score (nSPS) is 10.5. The molecule has 0 aromatic rings. The van der Waals surface area contributed by atoms with Gasteiger partial charge in [0.25, 0.3) is 0 Å². The number of carbonyl (C=O) groups excluding carboxylic acids is 1. The second-order valence-corrected chi connectivity index (χ2v) is 6.61. The molecule has 2 heteroatoms. The standard InChI is InChI=1S/C20H38O2/c1-5-6-7-8-9-10-11-12-13-14-15-16-17-19(18(2)3)20(21)22-4/h5-17H2,1-4H3. The Hall–Kier alpha value is -0.790. The lowest BCUT2D eigenvalue weighted by Crippen LogP contribution is -2.06.